The van der Waals surface area contributed by atoms with Gasteiger partial charge in [-0.05, 0) is 19.9 Å². The molecular formula is C12H13NO4. The van der Waals surface area contributed by atoms with E-state index in [1.165, 1.54) is 25.1 Å². The first-order chi connectivity index (χ1) is 8.06. The third-order valence-electron chi connectivity index (χ3n) is 2.13. The lowest BCUT2D eigenvalue weighted by Crippen LogP contribution is -2.02. The molecule has 1 atom stereocenters. The number of benzene rings is 1. The summed E-state index contributed by atoms with van der Waals surface area (Å²) in [4.78, 5) is 10.1. The number of nitro benzene ring substituents is 1. The maximum Gasteiger partial charge on any atom is 0.270 e. The Hall–Kier alpha value is -2.06. The number of nitro groups is 1. The van der Waals surface area contributed by atoms with Crippen molar-refractivity contribution in [1.82, 2.24) is 0 Å². The Balaban J connectivity index is 3.02. The molecule has 5 nitrogen and oxygen atoms in total. The van der Waals surface area contributed by atoms with Crippen molar-refractivity contribution in [1.29, 1.82) is 0 Å². The molecule has 0 aromatic heterocycles. The minimum Gasteiger partial charge on any atom is -0.481 e. The van der Waals surface area contributed by atoms with Crippen LogP contribution in [0.5, 0.6) is 5.75 Å². The van der Waals surface area contributed by atoms with E-state index in [9.17, 15) is 15.2 Å². The van der Waals surface area contributed by atoms with E-state index in [1.807, 2.05) is 0 Å². The fraction of sp³-hybridized carbons (Fsp3) is 0.333. The lowest BCUT2D eigenvalue weighted by molar-refractivity contribution is -0.385. The van der Waals surface area contributed by atoms with Crippen LogP contribution in [-0.4, -0.2) is 16.6 Å². The molecule has 0 fully saturated rings. The van der Waals surface area contributed by atoms with Crippen LogP contribution in [0.25, 0.3) is 0 Å². The van der Waals surface area contributed by atoms with E-state index in [0.717, 1.165) is 0 Å². The maximum absolute atomic E-state index is 10.6. The molecule has 0 amide bonds. The van der Waals surface area contributed by atoms with Gasteiger partial charge in [0.15, 0.2) is 0 Å². The molecule has 0 aliphatic heterocycles. The predicted molar refractivity (Wildman–Crippen MR) is 62.7 cm³/mol. The average molecular weight is 235 g/mol. The molecule has 0 spiro atoms. The summed E-state index contributed by atoms with van der Waals surface area (Å²) in [5, 5.41) is 20.1. The highest BCUT2D eigenvalue weighted by Gasteiger charge is 2.14. The quantitative estimate of drug-likeness (QED) is 0.492. The molecule has 0 saturated heterocycles. The van der Waals surface area contributed by atoms with Gasteiger partial charge in [0.25, 0.3) is 5.69 Å². The largest absolute Gasteiger partial charge is 0.481 e. The normalized spacial score (nSPS) is 11.2. The second-order valence-corrected chi connectivity index (χ2v) is 3.37. The molecule has 1 rings (SSSR count). The number of hydrogen-bond acceptors (Lipinski definition) is 4. The van der Waals surface area contributed by atoms with E-state index in [0.29, 0.717) is 11.3 Å². The van der Waals surface area contributed by atoms with Gasteiger partial charge in [0.2, 0.25) is 0 Å². The van der Waals surface area contributed by atoms with Gasteiger partial charge < -0.3 is 9.84 Å². The van der Waals surface area contributed by atoms with Crippen LogP contribution in [0.2, 0.25) is 0 Å². The molecule has 5 heteroatoms. The van der Waals surface area contributed by atoms with Gasteiger partial charge in [0, 0.05) is 17.7 Å². The molecule has 1 aromatic carbocycles. The Labute approximate surface area is 99.2 Å². The molecular weight excluding hydrogens is 222 g/mol. The molecule has 1 aromatic rings. The van der Waals surface area contributed by atoms with E-state index < -0.39 is 11.0 Å². The summed E-state index contributed by atoms with van der Waals surface area (Å²) < 4.78 is 5.32. The Morgan fingerprint density at radius 3 is 2.82 bits per heavy atom. The highest BCUT2D eigenvalue weighted by Crippen LogP contribution is 2.29. The fourth-order valence-corrected chi connectivity index (χ4v) is 1.29. The number of aliphatic hydroxyl groups is 1. The van der Waals surface area contributed by atoms with Crippen molar-refractivity contribution in [2.24, 2.45) is 0 Å². The Bertz CT molecular complexity index is 471. The SMILES string of the molecule is CC#CCOc1ccc([N+](=O)[O-])cc1C(C)O. The van der Waals surface area contributed by atoms with Gasteiger partial charge in [-0.15, -0.1) is 5.92 Å². The van der Waals surface area contributed by atoms with E-state index >= 15 is 0 Å². The molecule has 0 heterocycles. The number of rotatable bonds is 4. The lowest BCUT2D eigenvalue weighted by Gasteiger charge is -2.11. The maximum atomic E-state index is 10.6. The minimum absolute atomic E-state index is 0.0742. The van der Waals surface area contributed by atoms with Crippen LogP contribution in [0, 0.1) is 22.0 Å². The van der Waals surface area contributed by atoms with Gasteiger partial charge in [0.05, 0.1) is 11.0 Å². The van der Waals surface area contributed by atoms with Gasteiger partial charge >= 0.3 is 0 Å². The number of non-ortho nitro benzene ring substituents is 1. The van der Waals surface area contributed by atoms with Crippen molar-refractivity contribution < 1.29 is 14.8 Å². The first-order valence-corrected chi connectivity index (χ1v) is 5.05. The van der Waals surface area contributed by atoms with E-state index in [1.54, 1.807) is 6.92 Å². The van der Waals surface area contributed by atoms with Crippen LogP contribution in [0.1, 0.15) is 25.5 Å². The van der Waals surface area contributed by atoms with Crippen molar-refractivity contribution in [3.8, 4) is 17.6 Å². The molecule has 1 unspecified atom stereocenters. The Morgan fingerprint density at radius 2 is 2.29 bits per heavy atom. The Morgan fingerprint density at radius 1 is 1.59 bits per heavy atom. The van der Waals surface area contributed by atoms with Gasteiger partial charge in [-0.25, -0.2) is 0 Å². The van der Waals surface area contributed by atoms with Crippen LogP contribution >= 0.6 is 0 Å². The third-order valence-corrected chi connectivity index (χ3v) is 2.13. The van der Waals surface area contributed by atoms with Gasteiger partial charge in [-0.1, -0.05) is 5.92 Å². The Kier molecular flexibility index (Phi) is 4.49. The monoisotopic (exact) mass is 235 g/mol. The van der Waals surface area contributed by atoms with Crippen molar-refractivity contribution in [2.75, 3.05) is 6.61 Å². The zero-order valence-electron chi connectivity index (χ0n) is 9.64. The fourth-order valence-electron chi connectivity index (χ4n) is 1.29. The van der Waals surface area contributed by atoms with Crippen LogP contribution in [-0.2, 0) is 0 Å². The number of hydrogen-bond donors (Lipinski definition) is 1. The summed E-state index contributed by atoms with van der Waals surface area (Å²) in [6.45, 7) is 3.40. The van der Waals surface area contributed by atoms with E-state index in [2.05, 4.69) is 11.8 Å². The number of nitrogens with zero attached hydrogens (tertiary/aromatic N) is 1. The second-order valence-electron chi connectivity index (χ2n) is 3.37. The summed E-state index contributed by atoms with van der Waals surface area (Å²) in [5.74, 6) is 5.79. The zero-order chi connectivity index (χ0) is 12.8. The molecule has 0 aliphatic rings. The standard InChI is InChI=1S/C12H13NO4/c1-3-4-7-17-12-6-5-10(13(15)16)8-11(12)9(2)14/h5-6,8-9,14H,7H2,1-2H3. The smallest absolute Gasteiger partial charge is 0.270 e. The summed E-state index contributed by atoms with van der Waals surface area (Å²) in [6, 6.07) is 4.11. The van der Waals surface area contributed by atoms with Crippen molar-refractivity contribution in [3.05, 3.63) is 33.9 Å². The van der Waals surface area contributed by atoms with Gasteiger partial charge in [-0.2, -0.15) is 0 Å². The lowest BCUT2D eigenvalue weighted by atomic mass is 10.1. The molecule has 90 valence electrons. The van der Waals surface area contributed by atoms with Crippen LogP contribution < -0.4 is 4.74 Å². The average Bonchev–Trinajstić information content (AvgIpc) is 2.29. The van der Waals surface area contributed by atoms with Gasteiger partial charge in [-0.3, -0.25) is 10.1 Å². The number of aliphatic hydroxyl groups excluding tert-OH is 1. The highest BCUT2D eigenvalue weighted by molar-refractivity contribution is 5.44. The van der Waals surface area contributed by atoms with Crippen LogP contribution in [0.15, 0.2) is 18.2 Å². The van der Waals surface area contributed by atoms with Crippen LogP contribution in [0.4, 0.5) is 5.69 Å². The van der Waals surface area contributed by atoms with Crippen molar-refractivity contribution in [2.45, 2.75) is 20.0 Å². The zero-order valence-corrected chi connectivity index (χ0v) is 9.64. The van der Waals surface area contributed by atoms with Crippen molar-refractivity contribution in [3.63, 3.8) is 0 Å². The third kappa shape index (κ3) is 3.47. The summed E-state index contributed by atoms with van der Waals surface area (Å²) in [6.07, 6.45) is -0.834. The van der Waals surface area contributed by atoms with E-state index in [-0.39, 0.29) is 12.3 Å². The number of ether oxygens (including phenoxy) is 1. The predicted octanol–water partition coefficient (Wildman–Crippen LogP) is 2.05. The topological polar surface area (TPSA) is 72.6 Å². The molecule has 0 saturated carbocycles. The second kappa shape index (κ2) is 5.87. The van der Waals surface area contributed by atoms with E-state index in [4.69, 9.17) is 4.74 Å². The first-order valence-electron chi connectivity index (χ1n) is 5.05. The van der Waals surface area contributed by atoms with Crippen molar-refractivity contribution >= 4 is 5.69 Å². The molecule has 17 heavy (non-hydrogen) atoms. The molecule has 0 bridgehead atoms. The first kappa shape index (κ1) is 13.0. The highest BCUT2D eigenvalue weighted by atomic mass is 16.6. The molecule has 0 aliphatic carbocycles. The molecule has 1 N–H and O–H groups in total. The summed E-state index contributed by atoms with van der Waals surface area (Å²) >= 11 is 0. The minimum atomic E-state index is -0.834. The van der Waals surface area contributed by atoms with Gasteiger partial charge in [0.1, 0.15) is 12.4 Å². The summed E-state index contributed by atoms with van der Waals surface area (Å²) in [7, 11) is 0. The molecule has 0 radical (unpaired) electrons. The van der Waals surface area contributed by atoms with Crippen LogP contribution in [0.3, 0.4) is 0 Å². The summed E-state index contributed by atoms with van der Waals surface area (Å²) in [5.41, 5.74) is 0.312.